The molecule has 0 spiro atoms. The molecular weight excluding hydrogens is 398 g/mol. The van der Waals surface area contributed by atoms with Crippen LogP contribution in [0.3, 0.4) is 0 Å². The molecule has 1 atom stereocenters. The predicted octanol–water partition coefficient (Wildman–Crippen LogP) is 6.02. The number of halogens is 1. The first-order valence-electron chi connectivity index (χ1n) is 10.2. The SMILES string of the molecule is O=C(O)C1CCN(C(c2cccc(Cl)c2)c2cccc(Oc3ccccc3)c2)CC1. The van der Waals surface area contributed by atoms with Crippen molar-refractivity contribution in [3.63, 3.8) is 0 Å². The summed E-state index contributed by atoms with van der Waals surface area (Å²) < 4.78 is 6.04. The minimum absolute atomic E-state index is 0.0160. The summed E-state index contributed by atoms with van der Waals surface area (Å²) >= 11 is 6.30. The molecule has 4 nitrogen and oxygen atoms in total. The van der Waals surface area contributed by atoms with Gasteiger partial charge in [-0.1, -0.05) is 54.1 Å². The monoisotopic (exact) mass is 421 g/mol. The van der Waals surface area contributed by atoms with Gasteiger partial charge in [0.1, 0.15) is 11.5 Å². The molecule has 30 heavy (non-hydrogen) atoms. The van der Waals surface area contributed by atoms with Gasteiger partial charge in [0.15, 0.2) is 0 Å². The van der Waals surface area contributed by atoms with Gasteiger partial charge in [-0.15, -0.1) is 0 Å². The van der Waals surface area contributed by atoms with E-state index in [2.05, 4.69) is 23.1 Å². The van der Waals surface area contributed by atoms with Crippen LogP contribution in [0, 0.1) is 5.92 Å². The molecule has 1 heterocycles. The summed E-state index contributed by atoms with van der Waals surface area (Å²) in [6.07, 6.45) is 1.29. The number of likely N-dealkylation sites (tertiary alicyclic amines) is 1. The fourth-order valence-corrected chi connectivity index (χ4v) is 4.27. The summed E-state index contributed by atoms with van der Waals surface area (Å²) in [6.45, 7) is 1.44. The standard InChI is InChI=1S/C25H24ClNO3/c26-21-8-4-6-19(16-21)24(27-14-12-18(13-15-27)25(28)29)20-7-5-11-23(17-20)30-22-9-2-1-3-10-22/h1-11,16-18,24H,12-15H2,(H,28,29). The molecule has 0 radical (unpaired) electrons. The van der Waals surface area contributed by atoms with Gasteiger partial charge in [-0.2, -0.15) is 0 Å². The summed E-state index contributed by atoms with van der Waals surface area (Å²) in [7, 11) is 0. The molecule has 0 saturated carbocycles. The highest BCUT2D eigenvalue weighted by atomic mass is 35.5. The first kappa shape index (κ1) is 20.5. The van der Waals surface area contributed by atoms with Crippen LogP contribution in [0.2, 0.25) is 5.02 Å². The van der Waals surface area contributed by atoms with E-state index in [4.69, 9.17) is 16.3 Å². The van der Waals surface area contributed by atoms with E-state index in [-0.39, 0.29) is 12.0 Å². The third-order valence-electron chi connectivity index (χ3n) is 5.56. The van der Waals surface area contributed by atoms with Crippen LogP contribution < -0.4 is 4.74 Å². The first-order chi connectivity index (χ1) is 14.6. The van der Waals surface area contributed by atoms with Crippen LogP contribution in [0.15, 0.2) is 78.9 Å². The van der Waals surface area contributed by atoms with Crippen molar-refractivity contribution in [3.8, 4) is 11.5 Å². The van der Waals surface area contributed by atoms with Crippen molar-refractivity contribution >= 4 is 17.6 Å². The molecular formula is C25H24ClNO3. The molecule has 1 N–H and O–H groups in total. The van der Waals surface area contributed by atoms with E-state index in [1.165, 1.54) is 0 Å². The molecule has 1 saturated heterocycles. The lowest BCUT2D eigenvalue weighted by molar-refractivity contribution is -0.143. The molecule has 1 aliphatic rings. The van der Waals surface area contributed by atoms with E-state index in [0.29, 0.717) is 17.9 Å². The zero-order valence-corrected chi connectivity index (χ0v) is 17.3. The molecule has 154 valence electrons. The zero-order chi connectivity index (χ0) is 20.9. The summed E-state index contributed by atoms with van der Waals surface area (Å²) in [5.41, 5.74) is 2.19. The van der Waals surface area contributed by atoms with E-state index >= 15 is 0 Å². The number of para-hydroxylation sites is 1. The largest absolute Gasteiger partial charge is 0.481 e. The number of aliphatic carboxylic acids is 1. The van der Waals surface area contributed by atoms with E-state index < -0.39 is 5.97 Å². The summed E-state index contributed by atoms with van der Waals surface area (Å²) in [5, 5.41) is 10.0. The van der Waals surface area contributed by atoms with Gasteiger partial charge in [-0.25, -0.2) is 0 Å². The highest BCUT2D eigenvalue weighted by molar-refractivity contribution is 6.30. The number of benzene rings is 3. The molecule has 5 heteroatoms. The third-order valence-corrected chi connectivity index (χ3v) is 5.80. The second-order valence-corrected chi connectivity index (χ2v) is 8.03. The number of piperidine rings is 1. The van der Waals surface area contributed by atoms with E-state index in [1.807, 2.05) is 60.7 Å². The van der Waals surface area contributed by atoms with Crippen LogP contribution in [-0.4, -0.2) is 29.1 Å². The van der Waals surface area contributed by atoms with Crippen LogP contribution in [0.5, 0.6) is 11.5 Å². The van der Waals surface area contributed by atoms with Crippen molar-refractivity contribution < 1.29 is 14.6 Å². The number of rotatable bonds is 6. The molecule has 1 aliphatic heterocycles. The van der Waals surface area contributed by atoms with Crippen LogP contribution in [0.4, 0.5) is 0 Å². The van der Waals surface area contributed by atoms with E-state index in [1.54, 1.807) is 0 Å². The lowest BCUT2D eigenvalue weighted by atomic mass is 9.91. The molecule has 0 amide bonds. The van der Waals surface area contributed by atoms with Crippen molar-refractivity contribution in [1.29, 1.82) is 0 Å². The average molecular weight is 422 g/mol. The lowest BCUT2D eigenvalue weighted by Gasteiger charge is -2.37. The average Bonchev–Trinajstić information content (AvgIpc) is 2.75. The molecule has 0 aromatic heterocycles. The van der Waals surface area contributed by atoms with Gasteiger partial charge in [-0.05, 0) is 73.5 Å². The van der Waals surface area contributed by atoms with Crippen molar-refractivity contribution in [1.82, 2.24) is 4.90 Å². The maximum atomic E-state index is 11.4. The second kappa shape index (κ2) is 9.33. The van der Waals surface area contributed by atoms with Crippen LogP contribution in [0.25, 0.3) is 0 Å². The zero-order valence-electron chi connectivity index (χ0n) is 16.6. The lowest BCUT2D eigenvalue weighted by Crippen LogP contribution is -2.39. The van der Waals surface area contributed by atoms with Crippen LogP contribution >= 0.6 is 11.6 Å². The number of hydrogen-bond donors (Lipinski definition) is 1. The number of carboxylic acid groups (broad SMARTS) is 1. The number of carbonyl (C=O) groups is 1. The Morgan fingerprint density at radius 2 is 1.53 bits per heavy atom. The Balaban J connectivity index is 1.64. The van der Waals surface area contributed by atoms with Gasteiger partial charge >= 0.3 is 5.97 Å². The third kappa shape index (κ3) is 4.84. The van der Waals surface area contributed by atoms with Crippen molar-refractivity contribution in [2.75, 3.05) is 13.1 Å². The minimum Gasteiger partial charge on any atom is -0.481 e. The summed E-state index contributed by atoms with van der Waals surface area (Å²) in [6, 6.07) is 25.7. The van der Waals surface area contributed by atoms with Crippen LogP contribution in [-0.2, 0) is 4.79 Å². The van der Waals surface area contributed by atoms with E-state index in [9.17, 15) is 9.90 Å². The van der Waals surface area contributed by atoms with Gasteiger partial charge in [-0.3, -0.25) is 9.69 Å². The summed E-state index contributed by atoms with van der Waals surface area (Å²) in [5.74, 6) is 0.587. The van der Waals surface area contributed by atoms with Crippen LogP contribution in [0.1, 0.15) is 30.0 Å². The fraction of sp³-hybridized carbons (Fsp3) is 0.240. The normalized spacial score (nSPS) is 16.2. The number of carboxylic acids is 1. The Morgan fingerprint density at radius 3 is 2.20 bits per heavy atom. The Bertz CT molecular complexity index is 1000. The molecule has 1 fully saturated rings. The molecule has 3 aromatic carbocycles. The smallest absolute Gasteiger partial charge is 0.306 e. The number of ether oxygens (including phenoxy) is 1. The second-order valence-electron chi connectivity index (χ2n) is 7.59. The summed E-state index contributed by atoms with van der Waals surface area (Å²) in [4.78, 5) is 13.7. The fourth-order valence-electron chi connectivity index (χ4n) is 4.07. The molecule has 3 aromatic rings. The quantitative estimate of drug-likeness (QED) is 0.528. The topological polar surface area (TPSA) is 49.8 Å². The Kier molecular flexibility index (Phi) is 6.36. The maximum absolute atomic E-state index is 11.4. The van der Waals surface area contributed by atoms with Gasteiger partial charge < -0.3 is 9.84 Å². The highest BCUT2D eigenvalue weighted by Gasteiger charge is 2.30. The molecule has 4 rings (SSSR count). The highest BCUT2D eigenvalue weighted by Crippen LogP contribution is 2.35. The van der Waals surface area contributed by atoms with Gasteiger partial charge in [0.05, 0.1) is 12.0 Å². The van der Waals surface area contributed by atoms with Crippen molar-refractivity contribution in [2.24, 2.45) is 5.92 Å². The molecule has 0 aliphatic carbocycles. The van der Waals surface area contributed by atoms with Gasteiger partial charge in [0.25, 0.3) is 0 Å². The Hall–Kier alpha value is -2.82. The van der Waals surface area contributed by atoms with E-state index in [0.717, 1.165) is 35.7 Å². The molecule has 1 unspecified atom stereocenters. The number of hydrogen-bond acceptors (Lipinski definition) is 3. The predicted molar refractivity (Wildman–Crippen MR) is 118 cm³/mol. The first-order valence-corrected chi connectivity index (χ1v) is 10.5. The Morgan fingerprint density at radius 1 is 0.900 bits per heavy atom. The maximum Gasteiger partial charge on any atom is 0.306 e. The Labute approximate surface area is 181 Å². The number of nitrogens with zero attached hydrogens (tertiary/aromatic N) is 1. The van der Waals surface area contributed by atoms with Crippen molar-refractivity contribution in [2.45, 2.75) is 18.9 Å². The molecule has 0 bridgehead atoms. The van der Waals surface area contributed by atoms with Gasteiger partial charge in [0.2, 0.25) is 0 Å². The van der Waals surface area contributed by atoms with Crippen molar-refractivity contribution in [3.05, 3.63) is 95.0 Å². The minimum atomic E-state index is -0.702. The van der Waals surface area contributed by atoms with Gasteiger partial charge in [0, 0.05) is 5.02 Å².